The molecule has 0 spiro atoms. The van der Waals surface area contributed by atoms with Crippen LogP contribution in [-0.4, -0.2) is 29.4 Å². The summed E-state index contributed by atoms with van der Waals surface area (Å²) in [5, 5.41) is 0. The van der Waals surface area contributed by atoms with Crippen LogP contribution in [0.4, 0.5) is 4.39 Å². The lowest BCUT2D eigenvalue weighted by Gasteiger charge is -2.44. The summed E-state index contributed by atoms with van der Waals surface area (Å²) in [4.78, 5) is 15.3. The minimum absolute atomic E-state index is 0.170. The van der Waals surface area contributed by atoms with Gasteiger partial charge in [-0.15, -0.1) is 0 Å². The standard InChI is InChI=1S/C21H29FN2O/c22-18-6-4-14(5-7-18)10-11-24(19-8-9-19)21(25)17-12-15-2-1-3-16(13-17)20(15)23/h4-7,15-17,19-20H,1-3,8-13,23H2. The third-order valence-corrected chi connectivity index (χ3v) is 6.59. The lowest BCUT2D eigenvalue weighted by molar-refractivity contribution is -0.139. The van der Waals surface area contributed by atoms with Crippen LogP contribution >= 0.6 is 0 Å². The van der Waals surface area contributed by atoms with Gasteiger partial charge in [-0.05, 0) is 74.5 Å². The van der Waals surface area contributed by atoms with Gasteiger partial charge < -0.3 is 10.6 Å². The molecule has 1 aromatic carbocycles. The molecule has 2 bridgehead atoms. The third-order valence-electron chi connectivity index (χ3n) is 6.59. The van der Waals surface area contributed by atoms with E-state index >= 15 is 0 Å². The van der Waals surface area contributed by atoms with Gasteiger partial charge in [0.25, 0.3) is 0 Å². The summed E-state index contributed by atoms with van der Waals surface area (Å²) in [5.41, 5.74) is 7.49. The van der Waals surface area contributed by atoms with E-state index in [1.807, 2.05) is 12.1 Å². The van der Waals surface area contributed by atoms with Gasteiger partial charge in [0.2, 0.25) is 5.91 Å². The molecular formula is C21H29FN2O. The van der Waals surface area contributed by atoms with Gasteiger partial charge in [0.1, 0.15) is 5.82 Å². The zero-order chi connectivity index (χ0) is 17.4. The average molecular weight is 344 g/mol. The van der Waals surface area contributed by atoms with Crippen LogP contribution in [0.15, 0.2) is 24.3 Å². The van der Waals surface area contributed by atoms with Crippen molar-refractivity contribution in [2.45, 2.75) is 63.5 Å². The highest BCUT2D eigenvalue weighted by atomic mass is 19.1. The second-order valence-corrected chi connectivity index (χ2v) is 8.34. The molecule has 1 aromatic rings. The Balaban J connectivity index is 1.40. The molecule has 0 radical (unpaired) electrons. The predicted molar refractivity (Wildman–Crippen MR) is 96.4 cm³/mol. The van der Waals surface area contributed by atoms with E-state index in [2.05, 4.69) is 4.90 Å². The van der Waals surface area contributed by atoms with Crippen molar-refractivity contribution in [3.63, 3.8) is 0 Å². The van der Waals surface area contributed by atoms with Gasteiger partial charge in [0.15, 0.2) is 0 Å². The number of nitrogens with two attached hydrogens (primary N) is 1. The van der Waals surface area contributed by atoms with Crippen LogP contribution < -0.4 is 5.73 Å². The van der Waals surface area contributed by atoms with Gasteiger partial charge in [-0.25, -0.2) is 4.39 Å². The van der Waals surface area contributed by atoms with Crippen LogP contribution in [0.1, 0.15) is 50.5 Å². The molecule has 0 aromatic heterocycles. The van der Waals surface area contributed by atoms with E-state index in [4.69, 9.17) is 5.73 Å². The second-order valence-electron chi connectivity index (χ2n) is 8.34. The molecule has 3 nitrogen and oxygen atoms in total. The molecule has 0 heterocycles. The van der Waals surface area contributed by atoms with Gasteiger partial charge in [0.05, 0.1) is 0 Å². The molecule has 1 amide bonds. The van der Waals surface area contributed by atoms with Crippen molar-refractivity contribution < 1.29 is 9.18 Å². The number of rotatable bonds is 5. The van der Waals surface area contributed by atoms with Crippen molar-refractivity contribution in [1.29, 1.82) is 0 Å². The first kappa shape index (κ1) is 17.0. The van der Waals surface area contributed by atoms with Gasteiger partial charge in [-0.2, -0.15) is 0 Å². The molecule has 25 heavy (non-hydrogen) atoms. The second kappa shape index (κ2) is 7.06. The summed E-state index contributed by atoms with van der Waals surface area (Å²) in [6.45, 7) is 0.757. The van der Waals surface area contributed by atoms with E-state index in [0.29, 0.717) is 29.8 Å². The minimum atomic E-state index is -0.205. The number of hydrogen-bond acceptors (Lipinski definition) is 2. The molecule has 2 atom stereocenters. The van der Waals surface area contributed by atoms with Gasteiger partial charge in [-0.1, -0.05) is 18.6 Å². The zero-order valence-corrected chi connectivity index (χ0v) is 14.9. The Bertz CT molecular complexity index is 599. The van der Waals surface area contributed by atoms with E-state index in [0.717, 1.165) is 44.2 Å². The van der Waals surface area contributed by atoms with Crippen molar-refractivity contribution in [2.75, 3.05) is 6.54 Å². The number of hydrogen-bond donors (Lipinski definition) is 1. The Kier molecular flexibility index (Phi) is 4.81. The van der Waals surface area contributed by atoms with Crippen molar-refractivity contribution in [3.8, 4) is 0 Å². The molecule has 3 aliphatic carbocycles. The first-order valence-electron chi connectivity index (χ1n) is 9.92. The summed E-state index contributed by atoms with van der Waals surface area (Å²) < 4.78 is 13.1. The fourth-order valence-corrected chi connectivity index (χ4v) is 4.98. The SMILES string of the molecule is NC1C2CCCC1CC(C(=O)N(CCc1ccc(F)cc1)C1CC1)C2. The molecule has 0 aliphatic heterocycles. The highest BCUT2D eigenvalue weighted by Gasteiger charge is 2.43. The molecule has 4 heteroatoms. The summed E-state index contributed by atoms with van der Waals surface area (Å²) in [7, 11) is 0. The largest absolute Gasteiger partial charge is 0.339 e. The van der Waals surface area contributed by atoms with Crippen LogP contribution in [0.5, 0.6) is 0 Å². The number of carbonyl (C=O) groups is 1. The number of benzene rings is 1. The highest BCUT2D eigenvalue weighted by Crippen LogP contribution is 2.43. The Labute approximate surface area is 149 Å². The van der Waals surface area contributed by atoms with Gasteiger partial charge >= 0.3 is 0 Å². The quantitative estimate of drug-likeness (QED) is 0.888. The zero-order valence-electron chi connectivity index (χ0n) is 14.9. The minimum Gasteiger partial charge on any atom is -0.339 e. The summed E-state index contributed by atoms with van der Waals surface area (Å²) in [5.74, 6) is 1.40. The van der Waals surface area contributed by atoms with Crippen molar-refractivity contribution in [2.24, 2.45) is 23.5 Å². The Morgan fingerprint density at radius 2 is 1.72 bits per heavy atom. The van der Waals surface area contributed by atoms with E-state index in [1.54, 1.807) is 0 Å². The topological polar surface area (TPSA) is 46.3 Å². The average Bonchev–Trinajstić information content (AvgIpc) is 3.41. The van der Waals surface area contributed by atoms with E-state index in [-0.39, 0.29) is 11.7 Å². The number of carbonyl (C=O) groups excluding carboxylic acids is 1. The molecule has 3 saturated carbocycles. The summed E-state index contributed by atoms with van der Waals surface area (Å²) in [6.07, 6.45) is 8.71. The van der Waals surface area contributed by atoms with Gasteiger partial charge in [0, 0.05) is 24.5 Å². The van der Waals surface area contributed by atoms with Crippen LogP contribution in [0.25, 0.3) is 0 Å². The van der Waals surface area contributed by atoms with E-state index in [1.165, 1.54) is 31.4 Å². The number of amides is 1. The maximum Gasteiger partial charge on any atom is 0.225 e. The maximum absolute atomic E-state index is 13.2. The lowest BCUT2D eigenvalue weighted by atomic mass is 9.65. The summed E-state index contributed by atoms with van der Waals surface area (Å²) in [6, 6.07) is 7.41. The smallest absolute Gasteiger partial charge is 0.225 e. The molecule has 2 N–H and O–H groups in total. The van der Waals surface area contributed by atoms with Crippen LogP contribution in [0.2, 0.25) is 0 Å². The predicted octanol–water partition coefficient (Wildman–Crippen LogP) is 3.51. The highest BCUT2D eigenvalue weighted by molar-refractivity contribution is 5.79. The Morgan fingerprint density at radius 1 is 1.08 bits per heavy atom. The molecule has 136 valence electrons. The normalized spacial score (nSPS) is 31.6. The molecular weight excluding hydrogens is 315 g/mol. The monoisotopic (exact) mass is 344 g/mol. The number of halogens is 1. The molecule has 0 saturated heterocycles. The molecule has 2 unspecified atom stereocenters. The van der Waals surface area contributed by atoms with Crippen molar-refractivity contribution in [1.82, 2.24) is 4.90 Å². The summed E-state index contributed by atoms with van der Waals surface area (Å²) >= 11 is 0. The van der Waals surface area contributed by atoms with Crippen molar-refractivity contribution in [3.05, 3.63) is 35.6 Å². The van der Waals surface area contributed by atoms with Crippen LogP contribution in [-0.2, 0) is 11.2 Å². The van der Waals surface area contributed by atoms with Crippen molar-refractivity contribution >= 4 is 5.91 Å². The van der Waals surface area contributed by atoms with Crippen LogP contribution in [0.3, 0.4) is 0 Å². The molecule has 4 rings (SSSR count). The third kappa shape index (κ3) is 3.74. The fraction of sp³-hybridized carbons (Fsp3) is 0.667. The molecule has 3 fully saturated rings. The Hall–Kier alpha value is -1.42. The maximum atomic E-state index is 13.2. The van der Waals surface area contributed by atoms with E-state index < -0.39 is 0 Å². The van der Waals surface area contributed by atoms with Gasteiger partial charge in [-0.3, -0.25) is 4.79 Å². The number of nitrogens with zero attached hydrogens (tertiary/aromatic N) is 1. The fourth-order valence-electron chi connectivity index (χ4n) is 4.98. The lowest BCUT2D eigenvalue weighted by Crippen LogP contribution is -2.50. The Morgan fingerprint density at radius 3 is 2.32 bits per heavy atom. The first-order chi connectivity index (χ1) is 12.1. The first-order valence-corrected chi connectivity index (χ1v) is 9.92. The van der Waals surface area contributed by atoms with E-state index in [9.17, 15) is 9.18 Å². The van der Waals surface area contributed by atoms with Crippen LogP contribution in [0, 0.1) is 23.6 Å². The molecule has 3 aliphatic rings. The number of fused-ring (bicyclic) bond motifs is 2.